The molecule has 0 bridgehead atoms. The van der Waals surface area contributed by atoms with E-state index >= 15 is 0 Å². The van der Waals surface area contributed by atoms with Gasteiger partial charge in [0.1, 0.15) is 0 Å². The third-order valence-electron chi connectivity index (χ3n) is 2.75. The second-order valence-corrected chi connectivity index (χ2v) is 5.01. The number of hydrogen-bond acceptors (Lipinski definition) is 4. The highest BCUT2D eigenvalue weighted by molar-refractivity contribution is 5.79. The summed E-state index contributed by atoms with van der Waals surface area (Å²) in [6.45, 7) is 5.20. The van der Waals surface area contributed by atoms with Crippen molar-refractivity contribution in [2.75, 3.05) is 47.3 Å². The van der Waals surface area contributed by atoms with Crippen LogP contribution in [0.3, 0.4) is 0 Å². The van der Waals surface area contributed by atoms with Crippen LogP contribution < -0.4 is 0 Å². The molecule has 0 aromatic carbocycles. The van der Waals surface area contributed by atoms with Crippen LogP contribution in [0.2, 0.25) is 0 Å². The SMILES string of the molecule is CC(C)N(C)C(=O)CN(CCN(C)C)CC(=O)O. The fraction of sp³-hybridized carbons (Fsp3) is 0.833. The molecule has 106 valence electrons. The van der Waals surface area contributed by atoms with Gasteiger partial charge in [0.25, 0.3) is 0 Å². The van der Waals surface area contributed by atoms with E-state index in [4.69, 9.17) is 5.11 Å². The van der Waals surface area contributed by atoms with Crippen molar-refractivity contribution in [1.29, 1.82) is 0 Å². The second kappa shape index (κ2) is 8.05. The third-order valence-corrected chi connectivity index (χ3v) is 2.75. The fourth-order valence-corrected chi connectivity index (χ4v) is 1.34. The van der Waals surface area contributed by atoms with Crippen LogP contribution in [0, 0.1) is 0 Å². The van der Waals surface area contributed by atoms with Crippen molar-refractivity contribution in [3.05, 3.63) is 0 Å². The van der Waals surface area contributed by atoms with Gasteiger partial charge in [-0.2, -0.15) is 0 Å². The van der Waals surface area contributed by atoms with Gasteiger partial charge in [-0.1, -0.05) is 0 Å². The first-order chi connectivity index (χ1) is 8.23. The number of carbonyl (C=O) groups excluding carboxylic acids is 1. The molecule has 0 aliphatic rings. The lowest BCUT2D eigenvalue weighted by atomic mass is 10.3. The summed E-state index contributed by atoms with van der Waals surface area (Å²) in [5.41, 5.74) is 0. The fourth-order valence-electron chi connectivity index (χ4n) is 1.34. The summed E-state index contributed by atoms with van der Waals surface area (Å²) in [5.74, 6) is -0.959. The molecule has 1 amide bonds. The standard InChI is InChI=1S/C12H25N3O3/c1-10(2)14(5)11(16)8-15(9-12(17)18)7-6-13(3)4/h10H,6-9H2,1-5H3,(H,17,18). The first-order valence-electron chi connectivity index (χ1n) is 6.08. The molecule has 0 spiro atoms. The molecule has 0 fully saturated rings. The Balaban J connectivity index is 4.38. The Morgan fingerprint density at radius 2 is 1.61 bits per heavy atom. The zero-order valence-electron chi connectivity index (χ0n) is 12.0. The van der Waals surface area contributed by atoms with Gasteiger partial charge in [0.15, 0.2) is 0 Å². The average Bonchev–Trinajstić information content (AvgIpc) is 2.23. The number of carboxylic acids is 1. The second-order valence-electron chi connectivity index (χ2n) is 5.01. The van der Waals surface area contributed by atoms with E-state index in [2.05, 4.69) is 0 Å². The number of carboxylic acid groups (broad SMARTS) is 1. The highest BCUT2D eigenvalue weighted by atomic mass is 16.4. The van der Waals surface area contributed by atoms with E-state index < -0.39 is 5.97 Å². The zero-order chi connectivity index (χ0) is 14.3. The van der Waals surface area contributed by atoms with E-state index in [1.54, 1.807) is 16.8 Å². The molecule has 0 aliphatic heterocycles. The van der Waals surface area contributed by atoms with Crippen molar-refractivity contribution in [3.63, 3.8) is 0 Å². The Morgan fingerprint density at radius 3 is 2.00 bits per heavy atom. The van der Waals surface area contributed by atoms with Crippen LogP contribution >= 0.6 is 0 Å². The van der Waals surface area contributed by atoms with Crippen molar-refractivity contribution < 1.29 is 14.7 Å². The van der Waals surface area contributed by atoms with E-state index in [1.165, 1.54) is 0 Å². The Labute approximate surface area is 109 Å². The Kier molecular flexibility index (Phi) is 7.54. The molecule has 0 atom stereocenters. The highest BCUT2D eigenvalue weighted by Gasteiger charge is 2.18. The van der Waals surface area contributed by atoms with Crippen LogP contribution in [-0.2, 0) is 9.59 Å². The molecule has 0 aromatic heterocycles. The van der Waals surface area contributed by atoms with Crippen LogP contribution in [0.25, 0.3) is 0 Å². The maximum Gasteiger partial charge on any atom is 0.317 e. The van der Waals surface area contributed by atoms with Crippen molar-refractivity contribution >= 4 is 11.9 Å². The Bertz CT molecular complexity index is 280. The van der Waals surface area contributed by atoms with Crippen LogP contribution in [0.4, 0.5) is 0 Å². The summed E-state index contributed by atoms with van der Waals surface area (Å²) in [6.07, 6.45) is 0. The number of rotatable bonds is 8. The van der Waals surface area contributed by atoms with Crippen molar-refractivity contribution in [2.24, 2.45) is 0 Å². The topological polar surface area (TPSA) is 64.1 Å². The minimum absolute atomic E-state index is 0.0509. The molecular weight excluding hydrogens is 234 g/mol. The van der Waals surface area contributed by atoms with Gasteiger partial charge < -0.3 is 14.9 Å². The van der Waals surface area contributed by atoms with Gasteiger partial charge in [0.05, 0.1) is 13.1 Å². The van der Waals surface area contributed by atoms with Gasteiger partial charge in [-0.25, -0.2) is 0 Å². The first kappa shape index (κ1) is 16.9. The minimum atomic E-state index is -0.909. The van der Waals surface area contributed by atoms with E-state index in [0.717, 1.165) is 6.54 Å². The highest BCUT2D eigenvalue weighted by Crippen LogP contribution is 1.98. The summed E-state index contributed by atoms with van der Waals surface area (Å²) in [4.78, 5) is 27.9. The number of aliphatic carboxylic acids is 1. The van der Waals surface area contributed by atoms with Gasteiger partial charge in [0.2, 0.25) is 5.91 Å². The largest absolute Gasteiger partial charge is 0.480 e. The molecule has 0 saturated carbocycles. The average molecular weight is 259 g/mol. The molecule has 6 nitrogen and oxygen atoms in total. The zero-order valence-corrected chi connectivity index (χ0v) is 12.0. The molecule has 0 aromatic rings. The number of carbonyl (C=O) groups is 2. The number of amides is 1. The van der Waals surface area contributed by atoms with Crippen molar-refractivity contribution in [2.45, 2.75) is 19.9 Å². The van der Waals surface area contributed by atoms with Gasteiger partial charge in [0, 0.05) is 26.2 Å². The molecule has 18 heavy (non-hydrogen) atoms. The van der Waals surface area contributed by atoms with E-state index in [1.807, 2.05) is 32.8 Å². The smallest absolute Gasteiger partial charge is 0.317 e. The lowest BCUT2D eigenvalue weighted by molar-refractivity contribution is -0.139. The summed E-state index contributed by atoms with van der Waals surface area (Å²) >= 11 is 0. The molecule has 0 saturated heterocycles. The lowest BCUT2D eigenvalue weighted by Gasteiger charge is -2.27. The van der Waals surface area contributed by atoms with Gasteiger partial charge in [-0.05, 0) is 27.9 Å². The summed E-state index contributed by atoms with van der Waals surface area (Å²) in [5, 5.41) is 8.83. The number of nitrogens with zero attached hydrogens (tertiary/aromatic N) is 3. The van der Waals surface area contributed by atoms with E-state index in [-0.39, 0.29) is 25.0 Å². The van der Waals surface area contributed by atoms with Crippen LogP contribution in [0.15, 0.2) is 0 Å². The first-order valence-corrected chi connectivity index (χ1v) is 6.08. The van der Waals surface area contributed by atoms with Crippen LogP contribution in [0.1, 0.15) is 13.8 Å². The van der Waals surface area contributed by atoms with Crippen molar-refractivity contribution in [3.8, 4) is 0 Å². The number of hydrogen-bond donors (Lipinski definition) is 1. The number of likely N-dealkylation sites (N-methyl/N-ethyl adjacent to an activating group) is 2. The maximum atomic E-state index is 11.9. The summed E-state index contributed by atoms with van der Waals surface area (Å²) < 4.78 is 0. The monoisotopic (exact) mass is 259 g/mol. The predicted molar refractivity (Wildman–Crippen MR) is 70.5 cm³/mol. The molecular formula is C12H25N3O3. The van der Waals surface area contributed by atoms with Gasteiger partial charge in [-0.3, -0.25) is 14.5 Å². The molecule has 6 heteroatoms. The molecule has 0 aliphatic carbocycles. The molecule has 1 N–H and O–H groups in total. The molecule has 0 radical (unpaired) electrons. The third kappa shape index (κ3) is 7.24. The maximum absolute atomic E-state index is 11.9. The summed E-state index contributed by atoms with van der Waals surface area (Å²) in [6, 6.07) is 0.123. The Morgan fingerprint density at radius 1 is 1.06 bits per heavy atom. The normalized spacial score (nSPS) is 11.3. The Hall–Kier alpha value is -1.14. The molecule has 0 heterocycles. The van der Waals surface area contributed by atoms with E-state index in [0.29, 0.717) is 6.54 Å². The van der Waals surface area contributed by atoms with E-state index in [9.17, 15) is 9.59 Å². The van der Waals surface area contributed by atoms with Gasteiger partial charge in [-0.15, -0.1) is 0 Å². The van der Waals surface area contributed by atoms with Crippen molar-refractivity contribution in [1.82, 2.24) is 14.7 Å². The summed E-state index contributed by atoms with van der Waals surface area (Å²) in [7, 11) is 5.57. The van der Waals surface area contributed by atoms with Crippen LogP contribution in [-0.4, -0.2) is 85.0 Å². The molecule has 0 rings (SSSR count). The van der Waals surface area contributed by atoms with Gasteiger partial charge >= 0.3 is 5.97 Å². The predicted octanol–water partition coefficient (Wildman–Crippen LogP) is -0.199. The quantitative estimate of drug-likeness (QED) is 0.654. The van der Waals surface area contributed by atoms with Crippen LogP contribution in [0.5, 0.6) is 0 Å². The minimum Gasteiger partial charge on any atom is -0.480 e. The lowest BCUT2D eigenvalue weighted by Crippen LogP contribution is -2.44. The molecule has 0 unspecified atom stereocenters.